The molecule has 0 bridgehead atoms. The minimum absolute atomic E-state index is 0.00828. The van der Waals surface area contributed by atoms with Gasteiger partial charge in [-0.3, -0.25) is 4.68 Å². The first-order valence-corrected chi connectivity index (χ1v) is 11.5. The predicted octanol–water partition coefficient (Wildman–Crippen LogP) is 4.51. The van der Waals surface area contributed by atoms with E-state index in [0.29, 0.717) is 53.6 Å². The van der Waals surface area contributed by atoms with Crippen molar-refractivity contribution in [2.75, 3.05) is 29.5 Å². The first-order valence-electron chi connectivity index (χ1n) is 11.5. The lowest BCUT2D eigenvalue weighted by Crippen LogP contribution is -2.20. The van der Waals surface area contributed by atoms with Gasteiger partial charge in [0.05, 0.1) is 29.6 Å². The third kappa shape index (κ3) is 3.92. The number of rotatable bonds is 5. The van der Waals surface area contributed by atoms with Crippen LogP contribution in [0.15, 0.2) is 61.2 Å². The maximum atomic E-state index is 15.4. The van der Waals surface area contributed by atoms with Gasteiger partial charge in [-0.25, -0.2) is 19.3 Å². The standard InChI is InChI=1S/C26H23FN8O/c1-15-19(11-30-25-24(15)29-7-8-36-25)18-9-21-20(23(28)22(18)27)12-31-26(34-21)33-17-10-32-35(14-17)13-16-5-3-2-4-6-16/h2-6,9-12,14,29H,7-8,13,28H2,1H3,(H,31,33,34). The molecular weight excluding hydrogens is 459 g/mol. The number of hydrogen-bond donors (Lipinski definition) is 3. The maximum Gasteiger partial charge on any atom is 0.237 e. The first kappa shape index (κ1) is 21.8. The van der Waals surface area contributed by atoms with Crippen molar-refractivity contribution >= 4 is 33.9 Å². The normalized spacial score (nSPS) is 12.6. The van der Waals surface area contributed by atoms with Crippen LogP contribution in [0.4, 0.5) is 27.4 Å². The topological polar surface area (TPSA) is 116 Å². The minimum Gasteiger partial charge on any atom is -0.474 e. The van der Waals surface area contributed by atoms with Crippen LogP contribution >= 0.6 is 0 Å². The van der Waals surface area contributed by atoms with Gasteiger partial charge in [-0.05, 0) is 24.1 Å². The van der Waals surface area contributed by atoms with E-state index in [4.69, 9.17) is 10.5 Å². The number of nitrogen functional groups attached to an aromatic ring is 1. The van der Waals surface area contributed by atoms with Gasteiger partial charge in [0.1, 0.15) is 12.3 Å². The molecule has 6 rings (SSSR count). The van der Waals surface area contributed by atoms with E-state index >= 15 is 4.39 Å². The van der Waals surface area contributed by atoms with Crippen LogP contribution in [0.25, 0.3) is 22.0 Å². The van der Waals surface area contributed by atoms with E-state index in [-0.39, 0.29) is 5.69 Å². The van der Waals surface area contributed by atoms with Crippen LogP contribution < -0.4 is 21.1 Å². The molecule has 1 aliphatic heterocycles. The van der Waals surface area contributed by atoms with Crippen LogP contribution in [0, 0.1) is 12.7 Å². The maximum absolute atomic E-state index is 15.4. The van der Waals surface area contributed by atoms with E-state index in [9.17, 15) is 0 Å². The van der Waals surface area contributed by atoms with Gasteiger partial charge in [-0.1, -0.05) is 30.3 Å². The lowest BCUT2D eigenvalue weighted by molar-refractivity contribution is 0.310. The summed E-state index contributed by atoms with van der Waals surface area (Å²) < 4.78 is 22.8. The van der Waals surface area contributed by atoms with Crippen molar-refractivity contribution in [2.24, 2.45) is 0 Å². The van der Waals surface area contributed by atoms with Crippen molar-refractivity contribution in [3.63, 3.8) is 0 Å². The number of nitrogens with two attached hydrogens (primary N) is 1. The molecule has 4 N–H and O–H groups in total. The molecule has 0 unspecified atom stereocenters. The van der Waals surface area contributed by atoms with Gasteiger partial charge in [0.25, 0.3) is 0 Å². The Labute approximate surface area is 206 Å². The molecule has 36 heavy (non-hydrogen) atoms. The van der Waals surface area contributed by atoms with Crippen LogP contribution in [0.3, 0.4) is 0 Å². The number of benzene rings is 2. The van der Waals surface area contributed by atoms with E-state index in [0.717, 1.165) is 22.5 Å². The molecule has 0 saturated heterocycles. The summed E-state index contributed by atoms with van der Waals surface area (Å²) in [5.74, 6) is 0.336. The second kappa shape index (κ2) is 8.81. The monoisotopic (exact) mass is 482 g/mol. The average Bonchev–Trinajstić information content (AvgIpc) is 3.34. The average molecular weight is 483 g/mol. The molecule has 2 aromatic carbocycles. The Kier molecular flexibility index (Phi) is 5.33. The fourth-order valence-corrected chi connectivity index (χ4v) is 4.34. The van der Waals surface area contributed by atoms with Crippen molar-refractivity contribution < 1.29 is 9.13 Å². The molecule has 0 saturated carbocycles. The van der Waals surface area contributed by atoms with Gasteiger partial charge in [0, 0.05) is 41.6 Å². The Morgan fingerprint density at radius 3 is 2.86 bits per heavy atom. The van der Waals surface area contributed by atoms with Crippen molar-refractivity contribution in [3.8, 4) is 17.0 Å². The molecule has 0 atom stereocenters. The van der Waals surface area contributed by atoms with Crippen molar-refractivity contribution in [1.82, 2.24) is 24.7 Å². The number of pyridine rings is 1. The van der Waals surface area contributed by atoms with Gasteiger partial charge in [0.15, 0.2) is 5.82 Å². The first-order chi connectivity index (χ1) is 17.6. The molecule has 3 aromatic heterocycles. The molecule has 0 amide bonds. The van der Waals surface area contributed by atoms with Crippen LogP contribution in [0.2, 0.25) is 0 Å². The number of nitrogens with one attached hydrogen (secondary N) is 2. The smallest absolute Gasteiger partial charge is 0.237 e. The lowest BCUT2D eigenvalue weighted by Gasteiger charge is -2.22. The predicted molar refractivity (Wildman–Crippen MR) is 137 cm³/mol. The highest BCUT2D eigenvalue weighted by Crippen LogP contribution is 2.39. The van der Waals surface area contributed by atoms with Gasteiger partial charge >= 0.3 is 0 Å². The Bertz CT molecular complexity index is 1580. The number of fused-ring (bicyclic) bond motifs is 2. The molecule has 9 nitrogen and oxygen atoms in total. The summed E-state index contributed by atoms with van der Waals surface area (Å²) in [6, 6.07) is 11.7. The Morgan fingerprint density at radius 1 is 1.14 bits per heavy atom. The quantitative estimate of drug-likeness (QED) is 0.313. The van der Waals surface area contributed by atoms with Crippen molar-refractivity contribution in [2.45, 2.75) is 13.5 Å². The largest absolute Gasteiger partial charge is 0.474 e. The number of ether oxygens (including phenoxy) is 1. The molecule has 0 radical (unpaired) electrons. The number of aromatic nitrogens is 5. The summed E-state index contributed by atoms with van der Waals surface area (Å²) >= 11 is 0. The number of nitrogens with zero attached hydrogens (tertiary/aromatic N) is 5. The van der Waals surface area contributed by atoms with Gasteiger partial charge in [-0.2, -0.15) is 5.10 Å². The fourth-order valence-electron chi connectivity index (χ4n) is 4.34. The van der Waals surface area contributed by atoms with E-state index in [1.54, 1.807) is 18.5 Å². The SMILES string of the molecule is Cc1c(-c2cc3nc(Nc4cnn(Cc5ccccc5)c4)ncc3c(N)c2F)cnc2c1NCCO2. The van der Waals surface area contributed by atoms with Crippen LogP contribution in [0.5, 0.6) is 5.88 Å². The molecule has 4 heterocycles. The van der Waals surface area contributed by atoms with E-state index in [1.807, 2.05) is 48.1 Å². The third-order valence-corrected chi connectivity index (χ3v) is 6.18. The third-order valence-electron chi connectivity index (χ3n) is 6.18. The second-order valence-corrected chi connectivity index (χ2v) is 8.57. The molecule has 10 heteroatoms. The highest BCUT2D eigenvalue weighted by molar-refractivity contribution is 5.96. The zero-order valence-corrected chi connectivity index (χ0v) is 19.5. The highest BCUT2D eigenvalue weighted by atomic mass is 19.1. The molecule has 1 aliphatic rings. The number of halogens is 1. The summed E-state index contributed by atoms with van der Waals surface area (Å²) in [5.41, 5.74) is 11.1. The van der Waals surface area contributed by atoms with Crippen molar-refractivity contribution in [1.29, 1.82) is 0 Å². The molecule has 180 valence electrons. The van der Waals surface area contributed by atoms with E-state index in [2.05, 4.69) is 30.7 Å². The zero-order valence-electron chi connectivity index (χ0n) is 19.5. The van der Waals surface area contributed by atoms with Gasteiger partial charge in [-0.15, -0.1) is 0 Å². The number of anilines is 4. The summed E-state index contributed by atoms with van der Waals surface area (Å²) in [7, 11) is 0. The highest BCUT2D eigenvalue weighted by Gasteiger charge is 2.21. The Hall–Kier alpha value is -4.73. The van der Waals surface area contributed by atoms with Crippen LogP contribution in [-0.2, 0) is 6.54 Å². The molecule has 0 aliphatic carbocycles. The lowest BCUT2D eigenvalue weighted by atomic mass is 9.98. The van der Waals surface area contributed by atoms with Crippen LogP contribution in [-0.4, -0.2) is 37.9 Å². The molecule has 5 aromatic rings. The number of hydrogen-bond acceptors (Lipinski definition) is 8. The summed E-state index contributed by atoms with van der Waals surface area (Å²) in [4.78, 5) is 13.3. The summed E-state index contributed by atoms with van der Waals surface area (Å²) in [6.45, 7) is 3.74. The van der Waals surface area contributed by atoms with Gasteiger partial charge in [0.2, 0.25) is 11.8 Å². The molecular formula is C26H23FN8O. The molecule has 0 fully saturated rings. The van der Waals surface area contributed by atoms with E-state index in [1.165, 1.54) is 6.20 Å². The Balaban J connectivity index is 1.33. The summed E-state index contributed by atoms with van der Waals surface area (Å²) in [5, 5.41) is 11.3. The van der Waals surface area contributed by atoms with E-state index < -0.39 is 5.82 Å². The minimum atomic E-state index is -0.532. The van der Waals surface area contributed by atoms with Gasteiger partial charge < -0.3 is 21.1 Å². The molecule has 0 spiro atoms. The van der Waals surface area contributed by atoms with Crippen LogP contribution in [0.1, 0.15) is 11.1 Å². The second-order valence-electron chi connectivity index (χ2n) is 8.57. The Morgan fingerprint density at radius 2 is 2.00 bits per heavy atom. The fraction of sp³-hybridized carbons (Fsp3) is 0.154. The summed E-state index contributed by atoms with van der Waals surface area (Å²) in [6.07, 6.45) is 6.71. The van der Waals surface area contributed by atoms with Crippen molar-refractivity contribution in [3.05, 3.63) is 78.1 Å². The zero-order chi connectivity index (χ0) is 24.6.